The molecule has 6 nitrogen and oxygen atoms in total. The van der Waals surface area contributed by atoms with E-state index in [2.05, 4.69) is 37.4 Å². The number of thiophene rings is 1. The standard InChI is InChI=1S/C16H21N5OS.HI/c1-12-4-3-5-14(20-12)21-15(22)6-8-18-16(17-2)19-10-13-7-9-23-11-13;/h3-5,7,9,11H,6,8,10H2,1-2H3,(H2,17,18,19)(H,20,21,22);1H. The lowest BCUT2D eigenvalue weighted by molar-refractivity contribution is -0.116. The molecular weight excluding hydrogens is 437 g/mol. The van der Waals surface area contributed by atoms with E-state index in [1.54, 1.807) is 24.5 Å². The second-order valence-corrected chi connectivity index (χ2v) is 5.73. The molecule has 3 N–H and O–H groups in total. The van der Waals surface area contributed by atoms with E-state index in [4.69, 9.17) is 0 Å². The maximum atomic E-state index is 11.9. The molecule has 0 fully saturated rings. The quantitative estimate of drug-likeness (QED) is 0.353. The van der Waals surface area contributed by atoms with Crippen LogP contribution >= 0.6 is 35.3 Å². The van der Waals surface area contributed by atoms with Crippen molar-refractivity contribution in [3.8, 4) is 0 Å². The first kappa shape index (κ1) is 20.4. The van der Waals surface area contributed by atoms with Gasteiger partial charge < -0.3 is 16.0 Å². The normalized spacial score (nSPS) is 10.7. The van der Waals surface area contributed by atoms with Gasteiger partial charge in [0.1, 0.15) is 5.82 Å². The summed E-state index contributed by atoms with van der Waals surface area (Å²) in [6, 6.07) is 7.60. The molecule has 0 saturated heterocycles. The van der Waals surface area contributed by atoms with Crippen LogP contribution in [0, 0.1) is 6.92 Å². The summed E-state index contributed by atoms with van der Waals surface area (Å²) >= 11 is 1.66. The van der Waals surface area contributed by atoms with Crippen molar-refractivity contribution in [2.24, 2.45) is 4.99 Å². The molecule has 2 aromatic rings. The summed E-state index contributed by atoms with van der Waals surface area (Å²) in [5, 5.41) is 13.2. The molecule has 0 aliphatic heterocycles. The average Bonchev–Trinajstić information content (AvgIpc) is 3.04. The van der Waals surface area contributed by atoms with Crippen molar-refractivity contribution in [1.29, 1.82) is 0 Å². The highest BCUT2D eigenvalue weighted by atomic mass is 127. The van der Waals surface area contributed by atoms with Crippen LogP contribution in [0.2, 0.25) is 0 Å². The Hall–Kier alpha value is -1.68. The van der Waals surface area contributed by atoms with Crippen molar-refractivity contribution in [1.82, 2.24) is 15.6 Å². The minimum atomic E-state index is -0.0797. The monoisotopic (exact) mass is 459 g/mol. The first-order valence-corrected chi connectivity index (χ1v) is 8.31. The van der Waals surface area contributed by atoms with Gasteiger partial charge in [-0.15, -0.1) is 24.0 Å². The van der Waals surface area contributed by atoms with Gasteiger partial charge in [-0.25, -0.2) is 4.98 Å². The summed E-state index contributed by atoms with van der Waals surface area (Å²) in [6.45, 7) is 3.10. The zero-order valence-electron chi connectivity index (χ0n) is 13.7. The Morgan fingerprint density at radius 1 is 1.29 bits per heavy atom. The average molecular weight is 459 g/mol. The molecule has 0 aliphatic carbocycles. The Labute approximate surface area is 163 Å². The lowest BCUT2D eigenvalue weighted by Crippen LogP contribution is -2.38. The molecule has 0 unspecified atom stereocenters. The minimum Gasteiger partial charge on any atom is -0.356 e. The predicted molar refractivity (Wildman–Crippen MR) is 110 cm³/mol. The molecule has 130 valence electrons. The van der Waals surface area contributed by atoms with Gasteiger partial charge in [0.05, 0.1) is 0 Å². The smallest absolute Gasteiger partial charge is 0.227 e. The van der Waals surface area contributed by atoms with Crippen LogP contribution in [0.25, 0.3) is 0 Å². The van der Waals surface area contributed by atoms with E-state index < -0.39 is 0 Å². The highest BCUT2D eigenvalue weighted by Gasteiger charge is 2.04. The topological polar surface area (TPSA) is 78.4 Å². The van der Waals surface area contributed by atoms with Crippen molar-refractivity contribution in [3.05, 3.63) is 46.3 Å². The number of aromatic nitrogens is 1. The molecule has 0 spiro atoms. The molecule has 0 radical (unpaired) electrons. The second kappa shape index (κ2) is 11.0. The Morgan fingerprint density at radius 3 is 2.79 bits per heavy atom. The van der Waals surface area contributed by atoms with Gasteiger partial charge in [-0.05, 0) is 41.4 Å². The lowest BCUT2D eigenvalue weighted by atomic mass is 10.3. The van der Waals surface area contributed by atoms with Crippen LogP contribution in [0.4, 0.5) is 5.82 Å². The SMILES string of the molecule is CN=C(NCCC(=O)Nc1cccc(C)n1)NCc1ccsc1.I. The van der Waals surface area contributed by atoms with Gasteiger partial charge in [-0.2, -0.15) is 11.3 Å². The third-order valence-electron chi connectivity index (χ3n) is 3.06. The number of amides is 1. The Kier molecular flexibility index (Phi) is 9.31. The number of nitrogens with zero attached hydrogens (tertiary/aromatic N) is 2. The van der Waals surface area contributed by atoms with Gasteiger partial charge in [-0.1, -0.05) is 6.07 Å². The zero-order valence-corrected chi connectivity index (χ0v) is 16.9. The van der Waals surface area contributed by atoms with Crippen LogP contribution < -0.4 is 16.0 Å². The lowest BCUT2D eigenvalue weighted by Gasteiger charge is -2.11. The fourth-order valence-corrected chi connectivity index (χ4v) is 2.58. The summed E-state index contributed by atoms with van der Waals surface area (Å²) in [7, 11) is 1.71. The van der Waals surface area contributed by atoms with Gasteiger partial charge in [0.15, 0.2) is 5.96 Å². The van der Waals surface area contributed by atoms with Crippen LogP contribution in [0.1, 0.15) is 17.7 Å². The molecule has 0 saturated carbocycles. The van der Waals surface area contributed by atoms with Crippen molar-refractivity contribution in [3.63, 3.8) is 0 Å². The number of carbonyl (C=O) groups is 1. The highest BCUT2D eigenvalue weighted by molar-refractivity contribution is 14.0. The first-order valence-electron chi connectivity index (χ1n) is 7.36. The van der Waals surface area contributed by atoms with E-state index in [0.29, 0.717) is 31.3 Å². The van der Waals surface area contributed by atoms with Crippen molar-refractivity contribution in [2.75, 3.05) is 18.9 Å². The summed E-state index contributed by atoms with van der Waals surface area (Å²) in [6.07, 6.45) is 0.342. The fraction of sp³-hybridized carbons (Fsp3) is 0.312. The van der Waals surface area contributed by atoms with Crippen molar-refractivity contribution >= 4 is 53.0 Å². The predicted octanol–water partition coefficient (Wildman–Crippen LogP) is 2.76. The number of pyridine rings is 1. The number of guanidine groups is 1. The number of rotatable bonds is 6. The van der Waals surface area contributed by atoms with Gasteiger partial charge >= 0.3 is 0 Å². The maximum Gasteiger partial charge on any atom is 0.227 e. The van der Waals surface area contributed by atoms with Gasteiger partial charge in [-0.3, -0.25) is 9.79 Å². The molecule has 0 bridgehead atoms. The van der Waals surface area contributed by atoms with Crippen molar-refractivity contribution in [2.45, 2.75) is 19.9 Å². The Morgan fingerprint density at radius 2 is 2.12 bits per heavy atom. The number of hydrogen-bond donors (Lipinski definition) is 3. The fourth-order valence-electron chi connectivity index (χ4n) is 1.91. The first-order chi connectivity index (χ1) is 11.2. The zero-order chi connectivity index (χ0) is 16.5. The van der Waals surface area contributed by atoms with Gasteiger partial charge in [0.2, 0.25) is 5.91 Å². The van der Waals surface area contributed by atoms with E-state index >= 15 is 0 Å². The number of carbonyl (C=O) groups excluding carboxylic acids is 1. The molecule has 2 heterocycles. The summed E-state index contributed by atoms with van der Waals surface area (Å²) in [5.41, 5.74) is 2.08. The maximum absolute atomic E-state index is 11.9. The molecular formula is C16H22IN5OS. The van der Waals surface area contributed by atoms with Gasteiger partial charge in [0, 0.05) is 32.3 Å². The number of anilines is 1. The number of halogens is 1. The minimum absolute atomic E-state index is 0. The van der Waals surface area contributed by atoms with E-state index in [1.807, 2.05) is 24.4 Å². The molecule has 2 aromatic heterocycles. The van der Waals surface area contributed by atoms with E-state index in [-0.39, 0.29) is 29.9 Å². The van der Waals surface area contributed by atoms with E-state index in [0.717, 1.165) is 5.69 Å². The number of aliphatic imine (C=N–C) groups is 1. The summed E-state index contributed by atoms with van der Waals surface area (Å²) < 4.78 is 0. The molecule has 0 atom stereocenters. The summed E-state index contributed by atoms with van der Waals surface area (Å²) in [5.74, 6) is 1.18. The highest BCUT2D eigenvalue weighted by Crippen LogP contribution is 2.05. The van der Waals surface area contributed by atoms with Crippen molar-refractivity contribution < 1.29 is 4.79 Å². The molecule has 24 heavy (non-hydrogen) atoms. The second-order valence-electron chi connectivity index (χ2n) is 4.95. The summed E-state index contributed by atoms with van der Waals surface area (Å²) in [4.78, 5) is 20.3. The Bertz CT molecular complexity index is 660. The van der Waals surface area contributed by atoms with Crippen LogP contribution in [-0.2, 0) is 11.3 Å². The molecule has 1 amide bonds. The largest absolute Gasteiger partial charge is 0.356 e. The van der Waals surface area contributed by atoms with E-state index in [9.17, 15) is 4.79 Å². The third-order valence-corrected chi connectivity index (χ3v) is 3.80. The number of hydrogen-bond acceptors (Lipinski definition) is 4. The van der Waals surface area contributed by atoms with E-state index in [1.165, 1.54) is 5.56 Å². The molecule has 0 aliphatic rings. The number of aryl methyl sites for hydroxylation is 1. The van der Waals surface area contributed by atoms with Crippen LogP contribution in [0.3, 0.4) is 0 Å². The van der Waals surface area contributed by atoms with Crippen LogP contribution in [-0.4, -0.2) is 30.4 Å². The Balaban J connectivity index is 0.00000288. The molecule has 2 rings (SSSR count). The van der Waals surface area contributed by atoms with Crippen LogP contribution in [0.15, 0.2) is 40.0 Å². The third kappa shape index (κ3) is 7.26. The van der Waals surface area contributed by atoms with Crippen LogP contribution in [0.5, 0.6) is 0 Å². The molecule has 8 heteroatoms. The van der Waals surface area contributed by atoms with Gasteiger partial charge in [0.25, 0.3) is 0 Å². The number of nitrogens with one attached hydrogen (secondary N) is 3. The molecule has 0 aromatic carbocycles.